The van der Waals surface area contributed by atoms with E-state index in [2.05, 4.69) is 170 Å². The molecule has 0 aliphatic heterocycles. The predicted octanol–water partition coefficient (Wildman–Crippen LogP) is 16.1. The zero-order valence-corrected chi connectivity index (χ0v) is 41.4. The molecule has 0 bridgehead atoms. The monoisotopic (exact) mass is 986 g/mol. The van der Waals surface area contributed by atoms with Crippen LogP contribution in [0.4, 0.5) is 0 Å². The first kappa shape index (κ1) is 45.1. The Hall–Kier alpha value is -9.52. The van der Waals surface area contributed by atoms with Crippen molar-refractivity contribution in [2.45, 2.75) is 23.7 Å². The van der Waals surface area contributed by atoms with Crippen molar-refractivity contribution in [1.29, 1.82) is 0 Å². The Morgan fingerprint density at radius 1 is 0.276 bits per heavy atom. The average Bonchev–Trinajstić information content (AvgIpc) is 4.08. The van der Waals surface area contributed by atoms with Gasteiger partial charge in [-0.25, -0.2) is 0 Å². The Morgan fingerprint density at radius 3 is 1.01 bits per heavy atom. The Morgan fingerprint density at radius 2 is 0.618 bits per heavy atom. The van der Waals surface area contributed by atoms with Gasteiger partial charge in [-0.1, -0.05) is 146 Å². The van der Waals surface area contributed by atoms with E-state index in [1.54, 1.807) is 36.4 Å². The van der Waals surface area contributed by atoms with Crippen LogP contribution in [0, 0.1) is 0 Å². The molecule has 76 heavy (non-hydrogen) atoms. The van der Waals surface area contributed by atoms with Gasteiger partial charge in [0.1, 0.15) is 34.5 Å². The first-order valence-corrected chi connectivity index (χ1v) is 25.9. The number of aromatic hydroxyl groups is 4. The number of fused-ring (bicyclic) bond motifs is 10. The summed E-state index contributed by atoms with van der Waals surface area (Å²) >= 11 is 0. The first-order chi connectivity index (χ1) is 37.3. The predicted molar refractivity (Wildman–Crippen MR) is 304 cm³/mol. The van der Waals surface area contributed by atoms with E-state index in [4.69, 9.17) is 9.47 Å². The van der Waals surface area contributed by atoms with E-state index >= 15 is 0 Å². The molecule has 2 aliphatic rings. The standard InChI is InChI=1S/C70H50O6/c71-53-27-21-45-39-65(67(73)41-49(45)35-53)69(61-15-5-1-11-57(61)58-12-2-6-16-62(58)69)51-25-19-43-23-29-55(37-47(43)33-51)75-31-9-10-32-76-56-30-24-44-20-26-52(34-48(44)38-56)70(66-40-46-22-28-54(72)36-50(46)42-68(66)74)63-17-7-3-13-59(63)60-14-4-8-18-64(60)70/h1-8,11-30,33-42,71-74H,9-10,31-32H2. The van der Waals surface area contributed by atoms with Crippen molar-refractivity contribution in [1.82, 2.24) is 0 Å². The molecule has 12 aromatic rings. The SMILES string of the molecule is Oc1ccc2cc(C3(c4ccc5ccc(OCCCCOc6ccc7ccc(C8(c9cc%10ccc(O)cc%10cc9O)c9ccccc9-c9ccccc98)cc7c6)cc5c4)c4ccccc4-c4ccccc43)c(O)cc2c1. The van der Waals surface area contributed by atoms with Gasteiger partial charge in [-0.3, -0.25) is 0 Å². The molecule has 0 heterocycles. The molecule has 0 aromatic heterocycles. The highest BCUT2D eigenvalue weighted by atomic mass is 16.5. The van der Waals surface area contributed by atoms with E-state index in [9.17, 15) is 20.4 Å². The van der Waals surface area contributed by atoms with Crippen LogP contribution in [0.1, 0.15) is 57.3 Å². The summed E-state index contributed by atoms with van der Waals surface area (Å²) in [6.07, 6.45) is 1.59. The van der Waals surface area contributed by atoms with E-state index < -0.39 is 10.8 Å². The van der Waals surface area contributed by atoms with Gasteiger partial charge in [-0.15, -0.1) is 0 Å². The number of phenolic OH excluding ortho intramolecular Hbond substituents is 4. The molecule has 6 heteroatoms. The number of phenols is 4. The molecular formula is C70H50O6. The average molecular weight is 987 g/mol. The lowest BCUT2D eigenvalue weighted by molar-refractivity contribution is 0.267. The van der Waals surface area contributed by atoms with Crippen LogP contribution in [0.2, 0.25) is 0 Å². The van der Waals surface area contributed by atoms with Crippen LogP contribution in [0.3, 0.4) is 0 Å². The molecule has 4 N–H and O–H groups in total. The van der Waals surface area contributed by atoms with Gasteiger partial charge in [0.15, 0.2) is 0 Å². The van der Waals surface area contributed by atoms with Gasteiger partial charge in [0.05, 0.1) is 24.0 Å². The summed E-state index contributed by atoms with van der Waals surface area (Å²) in [6, 6.07) is 77.9. The van der Waals surface area contributed by atoms with Gasteiger partial charge in [0.25, 0.3) is 0 Å². The van der Waals surface area contributed by atoms with Crippen molar-refractivity contribution < 1.29 is 29.9 Å². The molecule has 6 nitrogen and oxygen atoms in total. The van der Waals surface area contributed by atoms with Gasteiger partial charge in [-0.2, -0.15) is 0 Å². The second kappa shape index (κ2) is 17.6. The zero-order valence-electron chi connectivity index (χ0n) is 41.4. The molecule has 0 radical (unpaired) electrons. The van der Waals surface area contributed by atoms with E-state index in [0.29, 0.717) is 13.2 Å². The molecule has 0 saturated carbocycles. The summed E-state index contributed by atoms with van der Waals surface area (Å²) in [7, 11) is 0. The minimum Gasteiger partial charge on any atom is -0.508 e. The first-order valence-electron chi connectivity index (χ1n) is 25.9. The Kier molecular flexibility index (Phi) is 10.4. The molecule has 2 aliphatic carbocycles. The number of rotatable bonds is 11. The molecule has 0 atom stereocenters. The summed E-state index contributed by atoms with van der Waals surface area (Å²) in [5.41, 5.74) is 10.9. The summed E-state index contributed by atoms with van der Waals surface area (Å²) < 4.78 is 12.9. The number of ether oxygens (including phenoxy) is 2. The molecule has 0 unspecified atom stereocenters. The molecule has 0 spiro atoms. The second-order valence-electron chi connectivity index (χ2n) is 20.3. The maximum Gasteiger partial charge on any atom is 0.121 e. The van der Waals surface area contributed by atoms with Crippen LogP contribution >= 0.6 is 0 Å². The Balaban J connectivity index is 0.724. The topological polar surface area (TPSA) is 99.4 Å². The maximum atomic E-state index is 12.0. The minimum absolute atomic E-state index is 0.154. The third-order valence-corrected chi connectivity index (χ3v) is 16.2. The third kappa shape index (κ3) is 6.94. The van der Waals surface area contributed by atoms with Crippen LogP contribution in [0.15, 0.2) is 231 Å². The summed E-state index contributed by atoms with van der Waals surface area (Å²) in [6.45, 7) is 1.04. The van der Waals surface area contributed by atoms with Crippen LogP contribution in [-0.4, -0.2) is 33.6 Å². The van der Waals surface area contributed by atoms with Crippen molar-refractivity contribution >= 4 is 43.1 Å². The van der Waals surface area contributed by atoms with Gasteiger partial charge in [-0.05, 0) is 196 Å². The Labute approximate surface area is 439 Å². The number of hydrogen-bond donors (Lipinski definition) is 4. The lowest BCUT2D eigenvalue weighted by Gasteiger charge is -2.34. The zero-order chi connectivity index (χ0) is 51.1. The van der Waals surface area contributed by atoms with E-state index in [1.165, 1.54) is 0 Å². The lowest BCUT2D eigenvalue weighted by atomic mass is 9.67. The maximum absolute atomic E-state index is 12.0. The number of hydrogen-bond acceptors (Lipinski definition) is 6. The van der Waals surface area contributed by atoms with Gasteiger partial charge >= 0.3 is 0 Å². The fourth-order valence-electron chi connectivity index (χ4n) is 12.8. The van der Waals surface area contributed by atoms with Crippen molar-refractivity contribution in [2.75, 3.05) is 13.2 Å². The summed E-state index contributed by atoms with van der Waals surface area (Å²) in [4.78, 5) is 0. The van der Waals surface area contributed by atoms with E-state index in [-0.39, 0.29) is 23.0 Å². The largest absolute Gasteiger partial charge is 0.508 e. The molecule has 14 rings (SSSR count). The normalized spacial score (nSPS) is 13.6. The summed E-state index contributed by atoms with van der Waals surface area (Å²) in [5, 5.41) is 52.3. The number of benzene rings is 12. The highest BCUT2D eigenvalue weighted by molar-refractivity contribution is 5.96. The van der Waals surface area contributed by atoms with Crippen LogP contribution < -0.4 is 9.47 Å². The van der Waals surface area contributed by atoms with Crippen LogP contribution in [0.25, 0.3) is 65.3 Å². The molecule has 0 fully saturated rings. The summed E-state index contributed by atoms with van der Waals surface area (Å²) in [5.74, 6) is 2.20. The molecule has 12 aromatic carbocycles. The highest BCUT2D eigenvalue weighted by Gasteiger charge is 2.49. The van der Waals surface area contributed by atoms with E-state index in [0.717, 1.165) is 134 Å². The molecule has 0 amide bonds. The number of unbranched alkanes of at least 4 members (excludes halogenated alkanes) is 1. The van der Waals surface area contributed by atoms with Gasteiger partial charge in [0.2, 0.25) is 0 Å². The van der Waals surface area contributed by atoms with Crippen LogP contribution in [-0.2, 0) is 10.8 Å². The fraction of sp³-hybridized carbons (Fsp3) is 0.0857. The smallest absolute Gasteiger partial charge is 0.121 e. The third-order valence-electron chi connectivity index (χ3n) is 16.2. The van der Waals surface area contributed by atoms with E-state index in [1.807, 2.05) is 24.3 Å². The quantitative estimate of drug-likeness (QED) is 0.0964. The Bertz CT molecular complexity index is 3960. The van der Waals surface area contributed by atoms with Crippen molar-refractivity contribution in [3.8, 4) is 56.8 Å². The molecule has 0 saturated heterocycles. The van der Waals surface area contributed by atoms with Gasteiger partial charge < -0.3 is 29.9 Å². The minimum atomic E-state index is -0.826. The lowest BCUT2D eigenvalue weighted by Crippen LogP contribution is -2.28. The van der Waals surface area contributed by atoms with Crippen molar-refractivity contribution in [2.24, 2.45) is 0 Å². The van der Waals surface area contributed by atoms with Crippen LogP contribution in [0.5, 0.6) is 34.5 Å². The van der Waals surface area contributed by atoms with Crippen molar-refractivity contribution in [3.63, 3.8) is 0 Å². The molecular weight excluding hydrogens is 937 g/mol. The van der Waals surface area contributed by atoms with Crippen molar-refractivity contribution in [3.05, 3.63) is 275 Å². The fourth-order valence-corrected chi connectivity index (χ4v) is 12.8. The molecule has 366 valence electrons. The second-order valence-corrected chi connectivity index (χ2v) is 20.3. The van der Waals surface area contributed by atoms with Gasteiger partial charge in [0, 0.05) is 11.1 Å². The highest BCUT2D eigenvalue weighted by Crippen LogP contribution is 2.60.